The molecule has 0 amide bonds. The zero-order chi connectivity index (χ0) is 23.5. The molecule has 0 unspecified atom stereocenters. The van der Waals surface area contributed by atoms with Gasteiger partial charge in [-0.2, -0.15) is 5.10 Å². The average molecular weight is 716 g/mol. The summed E-state index contributed by atoms with van der Waals surface area (Å²) < 4.78 is 0. The zero-order valence-corrected chi connectivity index (χ0v) is 23.8. The summed E-state index contributed by atoms with van der Waals surface area (Å²) in [7, 11) is 0. The molecule has 0 aliphatic heterocycles. The van der Waals surface area contributed by atoms with Crippen LogP contribution in [0, 0.1) is 31.1 Å². The first-order valence-corrected chi connectivity index (χ1v) is 10.3. The van der Waals surface area contributed by atoms with Crippen LogP contribution in [0.1, 0.15) is 25.0 Å². The molecule has 0 fully saturated rings. The molecule has 3 N–H and O–H groups in total. The summed E-state index contributed by atoms with van der Waals surface area (Å²) in [4.78, 5) is 4.14. The Kier molecular flexibility index (Phi) is 29.2. The smallest absolute Gasteiger partial charge is 0.209 e. The molecule has 12 heteroatoms. The van der Waals surface area contributed by atoms with E-state index < -0.39 is 0 Å². The van der Waals surface area contributed by atoms with E-state index in [0.717, 1.165) is 6.07 Å². The maximum absolute atomic E-state index is 11.7. The van der Waals surface area contributed by atoms with Crippen LogP contribution in [0.4, 0.5) is 0 Å². The molecule has 0 aliphatic carbocycles. The number of rotatable bonds is 5. The summed E-state index contributed by atoms with van der Waals surface area (Å²) in [6.45, 7) is 7.49. The van der Waals surface area contributed by atoms with Crippen LogP contribution < -0.4 is 10.2 Å². The Balaban J connectivity index is -0.000000453. The van der Waals surface area contributed by atoms with Gasteiger partial charge in [-0.1, -0.05) is 59.7 Å². The second kappa shape index (κ2) is 25.5. The maximum atomic E-state index is 11.7. The van der Waals surface area contributed by atoms with Gasteiger partial charge < -0.3 is 36.5 Å². The summed E-state index contributed by atoms with van der Waals surface area (Å²) in [6.07, 6.45) is 4.39. The summed E-state index contributed by atoms with van der Waals surface area (Å²) in [5.74, 6) is -0.0344. The third-order valence-electron chi connectivity index (χ3n) is 2.90. The Morgan fingerprint density at radius 2 is 1.53 bits per heavy atom. The number of amidine groups is 1. The van der Waals surface area contributed by atoms with Crippen molar-refractivity contribution < 1.29 is 67.6 Å². The number of aliphatic hydroxyl groups excluding tert-OH is 2. The first-order valence-electron chi connectivity index (χ1n) is 9.29. The van der Waals surface area contributed by atoms with Crippen LogP contribution in [0.5, 0.6) is 17.2 Å². The van der Waals surface area contributed by atoms with E-state index in [4.69, 9.17) is 10.2 Å². The van der Waals surface area contributed by atoms with Gasteiger partial charge in [-0.25, -0.2) is 4.99 Å². The molecule has 2 aromatic rings. The monoisotopic (exact) mass is 715 g/mol. The van der Waals surface area contributed by atoms with Crippen LogP contribution in [-0.2, 0) is 11.0 Å². The molecule has 0 aromatic heterocycles. The Bertz CT molecular complexity index is 879. The minimum absolute atomic E-state index is 0. The molecule has 0 atom stereocenters. The van der Waals surface area contributed by atoms with Crippen molar-refractivity contribution in [3.8, 4) is 17.2 Å². The quantitative estimate of drug-likeness (QED) is 0.183. The molecule has 2 rings (SSSR count). The molecule has 0 radical (unpaired) electrons. The van der Waals surface area contributed by atoms with Gasteiger partial charge in [0.1, 0.15) is 5.75 Å². The molecular weight excluding hydrogens is 688 g/mol. The van der Waals surface area contributed by atoms with Crippen LogP contribution in [0.15, 0.2) is 70.3 Å². The minimum Gasteiger partial charge on any atom is -2.00 e. The van der Waals surface area contributed by atoms with Gasteiger partial charge in [0.2, 0.25) is 5.17 Å². The van der Waals surface area contributed by atoms with Gasteiger partial charge in [0.05, 0.1) is 6.21 Å². The van der Waals surface area contributed by atoms with Crippen LogP contribution >= 0.6 is 11.8 Å². The van der Waals surface area contributed by atoms with E-state index in [0.29, 0.717) is 22.0 Å². The van der Waals surface area contributed by atoms with E-state index in [9.17, 15) is 15.3 Å². The first-order chi connectivity index (χ1) is 14.9. The maximum Gasteiger partial charge on any atom is 0.209 e. The van der Waals surface area contributed by atoms with E-state index in [1.807, 2.05) is 0 Å². The molecular formula is C22H27N3O7SU-6. The number of aliphatic imine (C=N–C) groups is 1. The number of hydrogen-bond acceptors (Lipinski definition) is 8. The number of phenolic OH excluding ortho intramolecular Hbond substituents is 1. The van der Waals surface area contributed by atoms with Crippen LogP contribution in [0.25, 0.3) is 0 Å². The topological polar surface area (TPSA) is 201 Å². The molecule has 10 nitrogen and oxygen atoms in total. The summed E-state index contributed by atoms with van der Waals surface area (Å²) in [5.41, 5.74) is 0.738. The molecule has 2 aromatic carbocycles. The van der Waals surface area contributed by atoms with Crippen molar-refractivity contribution in [1.82, 2.24) is 0 Å². The summed E-state index contributed by atoms with van der Waals surface area (Å²) in [5, 5.41) is 55.9. The molecule has 0 spiro atoms. The third-order valence-corrected chi connectivity index (χ3v) is 3.75. The van der Waals surface area contributed by atoms with Gasteiger partial charge in [0.15, 0.2) is 0 Å². The fourth-order valence-corrected chi connectivity index (χ4v) is 2.21. The van der Waals surface area contributed by atoms with E-state index in [1.54, 1.807) is 38.1 Å². The average Bonchev–Trinajstić information content (AvgIpc) is 2.73. The molecule has 0 bridgehead atoms. The van der Waals surface area contributed by atoms with Crippen molar-refractivity contribution in [3.63, 3.8) is 0 Å². The van der Waals surface area contributed by atoms with E-state index in [1.165, 1.54) is 42.4 Å². The van der Waals surface area contributed by atoms with Gasteiger partial charge in [0, 0.05) is 56.3 Å². The summed E-state index contributed by atoms with van der Waals surface area (Å²) in [6, 6.07) is 10.4. The van der Waals surface area contributed by atoms with E-state index in [-0.39, 0.29) is 72.5 Å². The Labute approximate surface area is 227 Å². The van der Waals surface area contributed by atoms with Crippen LogP contribution in [0.3, 0.4) is 0 Å². The Morgan fingerprint density at radius 3 is 2.06 bits per heavy atom. The van der Waals surface area contributed by atoms with Crippen molar-refractivity contribution in [3.05, 3.63) is 66.2 Å². The fraction of sp³-hybridized carbons (Fsp3) is 0.227. The molecule has 0 aliphatic rings. The largest absolute Gasteiger partial charge is 2.00 e. The normalized spacial score (nSPS) is 9.94. The van der Waals surface area contributed by atoms with Crippen molar-refractivity contribution in [2.24, 2.45) is 15.2 Å². The van der Waals surface area contributed by atoms with Crippen molar-refractivity contribution in [2.45, 2.75) is 13.8 Å². The second-order valence-corrected chi connectivity index (χ2v) is 6.36. The van der Waals surface area contributed by atoms with Crippen LogP contribution in [0.2, 0.25) is 0 Å². The standard InChI is InChI=1S/C18H17N3O3S.2C2H6O.2O.U/c1-2-9-25-18(19-11-14-7-8-15(22)10-17(14)24)21-20-12-13-5-3-4-6-16(13)23;2*1-2-3;;;/h2-8,10-12,22-24H,1,9H2;2*3H,2H2,1H3;;;/q;;;2*-2;/p-2/b19-11+,20-12+,21-18+;;;;;. The van der Waals surface area contributed by atoms with Crippen LogP contribution in [-0.4, -0.2) is 51.9 Å². The van der Waals surface area contributed by atoms with Gasteiger partial charge in [-0.15, -0.1) is 11.7 Å². The molecule has 0 heterocycles. The number of aliphatic hydroxyl groups is 2. The molecule has 0 saturated heterocycles. The number of thioether (sulfide) groups is 1. The number of phenols is 1. The molecule has 188 valence electrons. The Morgan fingerprint density at radius 1 is 0.971 bits per heavy atom. The van der Waals surface area contributed by atoms with Crippen molar-refractivity contribution >= 4 is 29.4 Å². The van der Waals surface area contributed by atoms with Gasteiger partial charge in [0.25, 0.3) is 0 Å². The first kappa shape index (κ1) is 39.1. The number of aromatic hydroxyl groups is 1. The number of para-hydroxylation sites is 1. The number of nitrogens with zero attached hydrogens (tertiary/aromatic N) is 3. The number of hydrogen-bond donors (Lipinski definition) is 3. The van der Waals surface area contributed by atoms with E-state index in [2.05, 4.69) is 21.8 Å². The zero-order valence-electron chi connectivity index (χ0n) is 18.8. The SMILES string of the molecule is C=CCSC(/N=C/c1ccc(O)cc1[O-])=N/N=C/c1ccccc1[O-].CCO.CCO.[O-2].[O-2].[U]. The second-order valence-electron chi connectivity index (χ2n) is 5.38. The van der Waals surface area contributed by atoms with Gasteiger partial charge >= 0.3 is 0 Å². The van der Waals surface area contributed by atoms with Crippen molar-refractivity contribution in [1.29, 1.82) is 0 Å². The Hall–Kier alpha value is -2.17. The predicted octanol–water partition coefficient (Wildman–Crippen LogP) is 2.03. The molecule has 0 saturated carbocycles. The van der Waals surface area contributed by atoms with Crippen molar-refractivity contribution in [2.75, 3.05) is 19.0 Å². The van der Waals surface area contributed by atoms with Gasteiger partial charge in [-0.3, -0.25) is 0 Å². The predicted molar refractivity (Wildman–Crippen MR) is 126 cm³/mol. The number of benzene rings is 2. The fourth-order valence-electron chi connectivity index (χ4n) is 1.71. The molecule has 34 heavy (non-hydrogen) atoms. The minimum atomic E-state index is -0.347. The van der Waals surface area contributed by atoms with E-state index >= 15 is 0 Å². The summed E-state index contributed by atoms with van der Waals surface area (Å²) >= 11 is 1.28. The van der Waals surface area contributed by atoms with Gasteiger partial charge in [-0.05, 0) is 37.1 Å². The third kappa shape index (κ3) is 18.3.